The van der Waals surface area contributed by atoms with E-state index in [0.717, 1.165) is 0 Å². The normalized spacial score (nSPS) is 10.9. The minimum absolute atomic E-state index is 0.00126. The number of halogens is 1. The molecule has 3 heterocycles. The van der Waals surface area contributed by atoms with Gasteiger partial charge in [0.1, 0.15) is 17.7 Å². The predicted molar refractivity (Wildman–Crippen MR) is 119 cm³/mol. The third-order valence-electron chi connectivity index (χ3n) is 4.83. The number of carbonyl (C=O) groups is 2. The van der Waals surface area contributed by atoms with Gasteiger partial charge in [0.2, 0.25) is 0 Å². The number of carbonyl (C=O) groups excluding carboxylic acids is 2. The van der Waals surface area contributed by atoms with Crippen molar-refractivity contribution in [2.75, 3.05) is 13.1 Å². The summed E-state index contributed by atoms with van der Waals surface area (Å²) in [5.74, 6) is -2.17. The Labute approximate surface area is 200 Å². The molecule has 0 bridgehead atoms. The monoisotopic (exact) mass is 501 g/mol. The van der Waals surface area contributed by atoms with E-state index in [-0.39, 0.29) is 41.9 Å². The van der Waals surface area contributed by atoms with Crippen LogP contribution in [0.25, 0.3) is 11.0 Å². The summed E-state index contributed by atoms with van der Waals surface area (Å²) in [5, 5.41) is 23.9. The maximum absolute atomic E-state index is 12.3. The Morgan fingerprint density at radius 2 is 1.91 bits per heavy atom. The molecule has 3 aromatic heterocycles. The van der Waals surface area contributed by atoms with Crippen molar-refractivity contribution in [2.45, 2.75) is 13.5 Å². The second kappa shape index (κ2) is 9.72. The van der Waals surface area contributed by atoms with Crippen LogP contribution in [0.4, 0.5) is 5.82 Å². The van der Waals surface area contributed by atoms with Crippen molar-refractivity contribution in [2.24, 2.45) is 0 Å². The minimum atomic E-state index is -0.775. The van der Waals surface area contributed by atoms with Crippen molar-refractivity contribution >= 4 is 40.2 Å². The molecule has 4 rings (SSSR count). The molecule has 4 aromatic rings. The molecule has 14 nitrogen and oxygen atoms in total. The van der Waals surface area contributed by atoms with E-state index in [9.17, 15) is 24.5 Å². The van der Waals surface area contributed by atoms with Crippen molar-refractivity contribution in [1.82, 2.24) is 30.6 Å². The fourth-order valence-corrected chi connectivity index (χ4v) is 3.27. The van der Waals surface area contributed by atoms with Crippen molar-refractivity contribution in [1.29, 1.82) is 0 Å². The number of hydrogen-bond donors (Lipinski definition) is 2. The quantitative estimate of drug-likeness (QED) is 0.155. The van der Waals surface area contributed by atoms with Gasteiger partial charge >= 0.3 is 23.2 Å². The highest BCUT2D eigenvalue weighted by Crippen LogP contribution is 2.26. The maximum Gasteiger partial charge on any atom is 0.408 e. The van der Waals surface area contributed by atoms with E-state index in [4.69, 9.17) is 20.5 Å². The molecule has 0 atom stereocenters. The van der Waals surface area contributed by atoms with Gasteiger partial charge in [0, 0.05) is 18.5 Å². The molecule has 0 saturated heterocycles. The molecule has 180 valence electrons. The van der Waals surface area contributed by atoms with Crippen molar-refractivity contribution in [3.05, 3.63) is 78.9 Å². The number of para-hydroxylation sites is 1. The fourth-order valence-electron chi connectivity index (χ4n) is 3.07. The molecule has 2 amide bonds. The maximum atomic E-state index is 12.3. The molecule has 0 aliphatic rings. The van der Waals surface area contributed by atoms with Gasteiger partial charge in [-0.3, -0.25) is 9.59 Å². The number of benzene rings is 1. The van der Waals surface area contributed by atoms with E-state index < -0.39 is 28.2 Å². The fraction of sp³-hybridized carbons (Fsp3) is 0.200. The Bertz CT molecular complexity index is 1510. The summed E-state index contributed by atoms with van der Waals surface area (Å²) in [4.78, 5) is 50.7. The van der Waals surface area contributed by atoms with Gasteiger partial charge in [0.25, 0.3) is 5.91 Å². The molecule has 0 unspecified atom stereocenters. The number of hydrogen-bond acceptors (Lipinski definition) is 10. The summed E-state index contributed by atoms with van der Waals surface area (Å²) in [6.45, 7) is 1.43. The van der Waals surface area contributed by atoms with Crippen molar-refractivity contribution in [3.63, 3.8) is 0 Å². The average molecular weight is 502 g/mol. The first-order chi connectivity index (χ1) is 16.7. The van der Waals surface area contributed by atoms with Crippen LogP contribution in [0.5, 0.6) is 0 Å². The minimum Gasteiger partial charge on any atom is -0.422 e. The van der Waals surface area contributed by atoms with Crippen LogP contribution < -0.4 is 16.3 Å². The second-order valence-corrected chi connectivity index (χ2v) is 7.53. The zero-order valence-electron chi connectivity index (χ0n) is 18.0. The molecule has 35 heavy (non-hydrogen) atoms. The van der Waals surface area contributed by atoms with Crippen molar-refractivity contribution in [3.8, 4) is 0 Å². The van der Waals surface area contributed by atoms with E-state index in [2.05, 4.69) is 25.9 Å². The number of nitrogens with zero attached hydrogens (tertiary/aromatic N) is 5. The second-order valence-electron chi connectivity index (χ2n) is 7.15. The highest BCUT2D eigenvalue weighted by atomic mass is 35.5. The standard InChI is InChI=1S/C20H16ClN7O7/c1-10-15(21)16(28(32)33)25-27(10)9-14-24-19(35-26-14)18(30)23-7-6-22-17(29)12-8-11-4-2-3-5-13(11)34-20(12)31/h2-5,8H,6-7,9H2,1H3,(H,22,29)(H,23,30). The van der Waals surface area contributed by atoms with E-state index in [1.165, 1.54) is 17.7 Å². The Hall–Kier alpha value is -4.59. The van der Waals surface area contributed by atoms with Gasteiger partial charge in [-0.2, -0.15) is 9.67 Å². The highest BCUT2D eigenvalue weighted by Gasteiger charge is 2.25. The first-order valence-electron chi connectivity index (χ1n) is 10.0. The zero-order valence-corrected chi connectivity index (χ0v) is 18.7. The Kier molecular flexibility index (Phi) is 6.55. The summed E-state index contributed by atoms with van der Waals surface area (Å²) in [6.07, 6.45) is 0. The largest absolute Gasteiger partial charge is 0.422 e. The van der Waals surface area contributed by atoms with Crippen LogP contribution >= 0.6 is 11.6 Å². The molecular weight excluding hydrogens is 486 g/mol. The Balaban J connectivity index is 1.30. The Morgan fingerprint density at radius 1 is 1.20 bits per heavy atom. The van der Waals surface area contributed by atoms with Gasteiger partial charge in [0.05, 0.1) is 10.8 Å². The highest BCUT2D eigenvalue weighted by molar-refractivity contribution is 6.33. The van der Waals surface area contributed by atoms with Gasteiger partial charge in [-0.05, 0) is 24.0 Å². The average Bonchev–Trinajstić information content (AvgIpc) is 3.41. The van der Waals surface area contributed by atoms with Crippen LogP contribution in [-0.2, 0) is 6.54 Å². The van der Waals surface area contributed by atoms with Crippen LogP contribution in [0.15, 0.2) is 44.1 Å². The molecule has 0 spiro atoms. The number of nitro groups is 1. The lowest BCUT2D eigenvalue weighted by atomic mass is 10.2. The van der Waals surface area contributed by atoms with Gasteiger partial charge in [-0.15, -0.1) is 0 Å². The molecular formula is C20H16ClN7O7. The van der Waals surface area contributed by atoms with Crippen LogP contribution in [0, 0.1) is 17.0 Å². The topological polar surface area (TPSA) is 188 Å². The SMILES string of the molecule is Cc1c(Cl)c([N+](=O)[O-])nn1Cc1noc(C(=O)NCCNC(=O)c2cc3ccccc3oc2=O)n1. The van der Waals surface area contributed by atoms with E-state index in [0.29, 0.717) is 16.7 Å². The molecule has 0 saturated carbocycles. The van der Waals surface area contributed by atoms with Crippen LogP contribution in [-0.4, -0.2) is 49.7 Å². The first kappa shape index (κ1) is 23.6. The van der Waals surface area contributed by atoms with E-state index in [1.54, 1.807) is 24.3 Å². The third-order valence-corrected chi connectivity index (χ3v) is 5.27. The summed E-state index contributed by atoms with van der Waals surface area (Å²) >= 11 is 5.89. The number of amides is 2. The van der Waals surface area contributed by atoms with Crippen LogP contribution in [0.2, 0.25) is 5.02 Å². The number of aromatic nitrogens is 4. The molecule has 15 heteroatoms. The number of rotatable bonds is 8. The first-order valence-corrected chi connectivity index (χ1v) is 10.4. The predicted octanol–water partition coefficient (Wildman–Crippen LogP) is 1.45. The lowest BCUT2D eigenvalue weighted by Crippen LogP contribution is -2.36. The molecule has 2 N–H and O–H groups in total. The lowest BCUT2D eigenvalue weighted by molar-refractivity contribution is -0.389. The van der Waals surface area contributed by atoms with E-state index in [1.807, 2.05) is 0 Å². The summed E-state index contributed by atoms with van der Waals surface area (Å²) in [6, 6.07) is 8.21. The smallest absolute Gasteiger partial charge is 0.408 e. The lowest BCUT2D eigenvalue weighted by Gasteiger charge is -2.05. The van der Waals surface area contributed by atoms with Gasteiger partial charge < -0.3 is 29.7 Å². The Morgan fingerprint density at radius 3 is 2.63 bits per heavy atom. The molecule has 0 radical (unpaired) electrons. The zero-order chi connectivity index (χ0) is 25.1. The molecule has 1 aromatic carbocycles. The molecule has 0 aliphatic carbocycles. The van der Waals surface area contributed by atoms with Crippen LogP contribution in [0.1, 0.15) is 32.6 Å². The summed E-state index contributed by atoms with van der Waals surface area (Å²) in [5.41, 5.74) is -0.247. The van der Waals surface area contributed by atoms with E-state index >= 15 is 0 Å². The van der Waals surface area contributed by atoms with Gasteiger partial charge in [0.15, 0.2) is 10.8 Å². The third kappa shape index (κ3) is 5.01. The molecule has 0 aliphatic heterocycles. The number of fused-ring (bicyclic) bond motifs is 1. The van der Waals surface area contributed by atoms with Gasteiger partial charge in [-0.25, -0.2) is 4.79 Å². The summed E-state index contributed by atoms with van der Waals surface area (Å²) in [7, 11) is 0. The van der Waals surface area contributed by atoms with Crippen molar-refractivity contribution < 1.29 is 23.5 Å². The van der Waals surface area contributed by atoms with Gasteiger partial charge in [-0.1, -0.05) is 35.0 Å². The van der Waals surface area contributed by atoms with Crippen LogP contribution in [0.3, 0.4) is 0 Å². The molecule has 0 fully saturated rings. The summed E-state index contributed by atoms with van der Waals surface area (Å²) < 4.78 is 11.2. The number of nitrogens with one attached hydrogen (secondary N) is 2.